The normalized spacial score (nSPS) is 17.5. The first-order valence-corrected chi connectivity index (χ1v) is 7.57. The minimum atomic E-state index is 0.169. The number of rotatable bonds is 6. The first-order valence-electron chi connectivity index (χ1n) is 7.57. The third kappa shape index (κ3) is 4.32. The van der Waals surface area contributed by atoms with Gasteiger partial charge in [0.05, 0.1) is 0 Å². The van der Waals surface area contributed by atoms with Gasteiger partial charge >= 0.3 is 0 Å². The molecule has 0 saturated heterocycles. The molecule has 1 atom stereocenters. The molecule has 0 amide bonds. The number of hydrogen-bond acceptors (Lipinski definition) is 2. The maximum absolute atomic E-state index is 6.33. The lowest BCUT2D eigenvalue weighted by Gasteiger charge is -2.30. The van der Waals surface area contributed by atoms with Gasteiger partial charge in [-0.2, -0.15) is 0 Å². The van der Waals surface area contributed by atoms with Gasteiger partial charge < -0.3 is 10.6 Å². The van der Waals surface area contributed by atoms with Crippen LogP contribution in [0.3, 0.4) is 0 Å². The molecule has 0 aromatic heterocycles. The van der Waals surface area contributed by atoms with E-state index in [1.54, 1.807) is 0 Å². The summed E-state index contributed by atoms with van der Waals surface area (Å²) in [6.07, 6.45) is 5.33. The summed E-state index contributed by atoms with van der Waals surface area (Å²) < 4.78 is 0. The molecule has 1 aliphatic rings. The summed E-state index contributed by atoms with van der Waals surface area (Å²) >= 11 is 0. The van der Waals surface area contributed by atoms with Crippen molar-refractivity contribution in [1.82, 2.24) is 4.90 Å². The maximum Gasteiger partial charge on any atom is 0.0307 e. The van der Waals surface area contributed by atoms with Crippen LogP contribution < -0.4 is 5.73 Å². The molecule has 0 radical (unpaired) electrons. The molecule has 0 spiro atoms. The van der Waals surface area contributed by atoms with Gasteiger partial charge in [0, 0.05) is 12.6 Å². The van der Waals surface area contributed by atoms with E-state index in [-0.39, 0.29) is 6.04 Å². The molecule has 1 aromatic rings. The van der Waals surface area contributed by atoms with E-state index in [0.717, 1.165) is 18.9 Å². The summed E-state index contributed by atoms with van der Waals surface area (Å²) in [5.74, 6) is 0.947. The molecule has 2 N–H and O–H groups in total. The first kappa shape index (κ1) is 14.5. The second-order valence-corrected chi connectivity index (χ2v) is 6.38. The second kappa shape index (κ2) is 6.53. The first-order chi connectivity index (χ1) is 9.04. The highest BCUT2D eigenvalue weighted by molar-refractivity contribution is 5.30. The van der Waals surface area contributed by atoms with Crippen molar-refractivity contribution in [3.8, 4) is 0 Å². The SMILES string of the molecule is Cc1cc(C)cc(C(N)CCN(C)CC2CCC2)c1. The fourth-order valence-corrected chi connectivity index (χ4v) is 2.96. The zero-order chi connectivity index (χ0) is 13.8. The Balaban J connectivity index is 1.80. The van der Waals surface area contributed by atoms with E-state index in [9.17, 15) is 0 Å². The van der Waals surface area contributed by atoms with Crippen molar-refractivity contribution in [2.24, 2.45) is 11.7 Å². The third-order valence-electron chi connectivity index (χ3n) is 4.29. The predicted octanol–water partition coefficient (Wildman–Crippen LogP) is 3.43. The molecule has 2 rings (SSSR count). The van der Waals surface area contributed by atoms with Crippen LogP contribution in [0.5, 0.6) is 0 Å². The van der Waals surface area contributed by atoms with Gasteiger partial charge in [-0.3, -0.25) is 0 Å². The van der Waals surface area contributed by atoms with E-state index >= 15 is 0 Å². The molecule has 1 aliphatic carbocycles. The lowest BCUT2D eigenvalue weighted by molar-refractivity contribution is 0.201. The molecule has 106 valence electrons. The van der Waals surface area contributed by atoms with Crippen LogP contribution in [-0.4, -0.2) is 25.0 Å². The van der Waals surface area contributed by atoms with E-state index < -0.39 is 0 Å². The van der Waals surface area contributed by atoms with Crippen molar-refractivity contribution >= 4 is 0 Å². The highest BCUT2D eigenvalue weighted by atomic mass is 15.1. The van der Waals surface area contributed by atoms with E-state index in [1.165, 1.54) is 42.5 Å². The highest BCUT2D eigenvalue weighted by Gasteiger charge is 2.19. The molecule has 1 saturated carbocycles. The quantitative estimate of drug-likeness (QED) is 0.849. The summed E-state index contributed by atoms with van der Waals surface area (Å²) in [4.78, 5) is 2.45. The number of hydrogen-bond donors (Lipinski definition) is 1. The minimum absolute atomic E-state index is 0.169. The number of benzene rings is 1. The Bertz CT molecular complexity index is 389. The third-order valence-corrected chi connectivity index (χ3v) is 4.29. The summed E-state index contributed by atoms with van der Waals surface area (Å²) in [6, 6.07) is 6.83. The van der Waals surface area contributed by atoms with E-state index in [1.807, 2.05) is 0 Å². The Morgan fingerprint density at radius 2 is 1.84 bits per heavy atom. The fourth-order valence-electron chi connectivity index (χ4n) is 2.96. The molecule has 0 aliphatic heterocycles. The topological polar surface area (TPSA) is 29.3 Å². The Morgan fingerprint density at radius 3 is 2.37 bits per heavy atom. The van der Waals surface area contributed by atoms with E-state index in [0.29, 0.717) is 0 Å². The molecular weight excluding hydrogens is 232 g/mol. The molecule has 0 heterocycles. The molecule has 1 fully saturated rings. The lowest BCUT2D eigenvalue weighted by Crippen LogP contribution is -2.31. The number of nitrogens with zero attached hydrogens (tertiary/aromatic N) is 1. The summed E-state index contributed by atoms with van der Waals surface area (Å²) in [7, 11) is 2.23. The number of aryl methyl sites for hydroxylation is 2. The molecule has 1 unspecified atom stereocenters. The van der Waals surface area contributed by atoms with Crippen LogP contribution in [0, 0.1) is 19.8 Å². The van der Waals surface area contributed by atoms with Crippen molar-refractivity contribution in [3.63, 3.8) is 0 Å². The smallest absolute Gasteiger partial charge is 0.0307 e. The summed E-state index contributed by atoms with van der Waals surface area (Å²) in [5, 5.41) is 0. The van der Waals surface area contributed by atoms with Crippen LogP contribution >= 0.6 is 0 Å². The monoisotopic (exact) mass is 260 g/mol. The lowest BCUT2D eigenvalue weighted by atomic mass is 9.85. The molecule has 0 bridgehead atoms. The van der Waals surface area contributed by atoms with Gasteiger partial charge in [0.25, 0.3) is 0 Å². The van der Waals surface area contributed by atoms with Crippen LogP contribution in [0.4, 0.5) is 0 Å². The molecule has 1 aromatic carbocycles. The Labute approximate surface area is 118 Å². The van der Waals surface area contributed by atoms with E-state index in [4.69, 9.17) is 5.73 Å². The molecular formula is C17H28N2. The van der Waals surface area contributed by atoms with Gasteiger partial charge in [-0.25, -0.2) is 0 Å². The van der Waals surface area contributed by atoms with Crippen LogP contribution in [0.2, 0.25) is 0 Å². The molecule has 19 heavy (non-hydrogen) atoms. The minimum Gasteiger partial charge on any atom is -0.324 e. The van der Waals surface area contributed by atoms with Crippen molar-refractivity contribution in [3.05, 3.63) is 34.9 Å². The second-order valence-electron chi connectivity index (χ2n) is 6.38. The summed E-state index contributed by atoms with van der Waals surface area (Å²) in [5.41, 5.74) is 10.2. The van der Waals surface area contributed by atoms with Gasteiger partial charge in [-0.1, -0.05) is 35.7 Å². The van der Waals surface area contributed by atoms with Crippen LogP contribution in [0.15, 0.2) is 18.2 Å². The van der Waals surface area contributed by atoms with Gasteiger partial charge in [0.15, 0.2) is 0 Å². The molecule has 2 heteroatoms. The molecule has 2 nitrogen and oxygen atoms in total. The van der Waals surface area contributed by atoms with Crippen molar-refractivity contribution < 1.29 is 0 Å². The van der Waals surface area contributed by atoms with Gasteiger partial charge in [-0.05, 0) is 58.2 Å². The standard InChI is InChI=1S/C17H28N2/c1-13-9-14(2)11-16(10-13)17(18)7-8-19(3)12-15-5-4-6-15/h9-11,15,17H,4-8,12,18H2,1-3H3. The van der Waals surface area contributed by atoms with Gasteiger partial charge in [-0.15, -0.1) is 0 Å². The van der Waals surface area contributed by atoms with Crippen molar-refractivity contribution in [2.45, 2.75) is 45.6 Å². The van der Waals surface area contributed by atoms with Crippen molar-refractivity contribution in [1.29, 1.82) is 0 Å². The van der Waals surface area contributed by atoms with Gasteiger partial charge in [0.2, 0.25) is 0 Å². The maximum atomic E-state index is 6.33. The predicted molar refractivity (Wildman–Crippen MR) is 82.3 cm³/mol. The summed E-state index contributed by atoms with van der Waals surface area (Å²) in [6.45, 7) is 6.64. The van der Waals surface area contributed by atoms with Crippen LogP contribution in [0.25, 0.3) is 0 Å². The number of nitrogens with two attached hydrogens (primary N) is 1. The highest BCUT2D eigenvalue weighted by Crippen LogP contribution is 2.27. The zero-order valence-corrected chi connectivity index (χ0v) is 12.7. The fraction of sp³-hybridized carbons (Fsp3) is 0.647. The largest absolute Gasteiger partial charge is 0.324 e. The Kier molecular flexibility index (Phi) is 5.00. The van der Waals surface area contributed by atoms with Crippen molar-refractivity contribution in [2.75, 3.05) is 20.1 Å². The van der Waals surface area contributed by atoms with E-state index in [2.05, 4.69) is 44.0 Å². The Morgan fingerprint density at radius 1 is 1.21 bits per heavy atom. The van der Waals surface area contributed by atoms with Crippen LogP contribution in [-0.2, 0) is 0 Å². The Hall–Kier alpha value is -0.860. The average molecular weight is 260 g/mol. The van der Waals surface area contributed by atoms with Crippen LogP contribution in [0.1, 0.15) is 48.4 Å². The zero-order valence-electron chi connectivity index (χ0n) is 12.7. The van der Waals surface area contributed by atoms with Gasteiger partial charge in [0.1, 0.15) is 0 Å². The average Bonchev–Trinajstić information content (AvgIpc) is 2.29.